The number of hydrogen-bond acceptors (Lipinski definition) is 3. The van der Waals surface area contributed by atoms with E-state index in [2.05, 4.69) is 15.6 Å². The Hall–Kier alpha value is -3.54. The molecule has 27 heavy (non-hydrogen) atoms. The Morgan fingerprint density at radius 3 is 1.93 bits per heavy atom. The first kappa shape index (κ1) is 18.3. The number of anilines is 2. The maximum Gasteiger partial charge on any atom is 0.274 e. The van der Waals surface area contributed by atoms with E-state index in [1.807, 2.05) is 32.0 Å². The third-order valence-electron chi connectivity index (χ3n) is 3.78. The van der Waals surface area contributed by atoms with Crippen LogP contribution in [0.1, 0.15) is 32.1 Å². The van der Waals surface area contributed by atoms with Crippen molar-refractivity contribution in [2.75, 3.05) is 10.6 Å². The van der Waals surface area contributed by atoms with E-state index >= 15 is 0 Å². The fraction of sp³-hybridized carbons (Fsp3) is 0.0952. The number of rotatable bonds is 4. The largest absolute Gasteiger partial charge is 0.321 e. The van der Waals surface area contributed by atoms with Crippen LogP contribution in [0.3, 0.4) is 0 Å². The lowest BCUT2D eigenvalue weighted by molar-refractivity contribution is 0.101. The lowest BCUT2D eigenvalue weighted by atomic mass is 10.1. The molecular formula is C21H18FN3O2. The summed E-state index contributed by atoms with van der Waals surface area (Å²) in [6.07, 6.45) is 0. The molecule has 2 amide bonds. The molecule has 1 aromatic heterocycles. The molecule has 2 N–H and O–H groups in total. The number of carbonyl (C=O) groups excluding carboxylic acids is 2. The van der Waals surface area contributed by atoms with Gasteiger partial charge in [0.15, 0.2) is 0 Å². The van der Waals surface area contributed by atoms with Crippen LogP contribution < -0.4 is 10.6 Å². The maximum absolute atomic E-state index is 13.2. The number of aromatic nitrogens is 1. The first-order chi connectivity index (χ1) is 12.9. The molecule has 3 rings (SSSR count). The van der Waals surface area contributed by atoms with Crippen molar-refractivity contribution < 1.29 is 14.0 Å². The number of benzene rings is 2. The van der Waals surface area contributed by atoms with E-state index in [0.717, 1.165) is 11.1 Å². The molecule has 0 saturated carbocycles. The number of nitrogens with one attached hydrogen (secondary N) is 2. The van der Waals surface area contributed by atoms with Gasteiger partial charge in [-0.05, 0) is 67.4 Å². The highest BCUT2D eigenvalue weighted by Crippen LogP contribution is 2.15. The van der Waals surface area contributed by atoms with E-state index in [-0.39, 0.29) is 11.4 Å². The van der Waals surface area contributed by atoms with Crippen LogP contribution in [0.5, 0.6) is 0 Å². The second-order valence-electron chi connectivity index (χ2n) is 6.20. The number of hydrogen-bond donors (Lipinski definition) is 2. The van der Waals surface area contributed by atoms with E-state index in [9.17, 15) is 14.0 Å². The summed E-state index contributed by atoms with van der Waals surface area (Å²) in [5.41, 5.74) is 3.21. The molecule has 1 heterocycles. The number of halogens is 1. The molecule has 0 fully saturated rings. The Labute approximate surface area is 156 Å². The third kappa shape index (κ3) is 4.76. The number of carbonyl (C=O) groups is 2. The fourth-order valence-electron chi connectivity index (χ4n) is 2.69. The van der Waals surface area contributed by atoms with E-state index in [4.69, 9.17) is 0 Å². The second-order valence-corrected chi connectivity index (χ2v) is 6.20. The lowest BCUT2D eigenvalue weighted by Gasteiger charge is -2.09. The molecule has 3 aromatic rings. The summed E-state index contributed by atoms with van der Waals surface area (Å²) in [5, 5.41) is 5.34. The maximum atomic E-state index is 13.2. The predicted octanol–water partition coefficient (Wildman–Crippen LogP) is 4.34. The van der Waals surface area contributed by atoms with Gasteiger partial charge in [-0.25, -0.2) is 9.37 Å². The van der Waals surface area contributed by atoms with Crippen LogP contribution in [-0.4, -0.2) is 16.8 Å². The normalized spacial score (nSPS) is 10.3. The number of amides is 2. The van der Waals surface area contributed by atoms with Gasteiger partial charge in [0.25, 0.3) is 11.8 Å². The Bertz CT molecular complexity index is 998. The van der Waals surface area contributed by atoms with Gasteiger partial charge in [0.1, 0.15) is 17.2 Å². The summed E-state index contributed by atoms with van der Waals surface area (Å²) < 4.78 is 13.2. The molecule has 0 bridgehead atoms. The second kappa shape index (κ2) is 7.78. The summed E-state index contributed by atoms with van der Waals surface area (Å²) in [5.74, 6) is -1.40. The Kier molecular flexibility index (Phi) is 5.26. The van der Waals surface area contributed by atoms with E-state index in [1.54, 1.807) is 12.1 Å². The topological polar surface area (TPSA) is 71.1 Å². The van der Waals surface area contributed by atoms with Gasteiger partial charge < -0.3 is 10.6 Å². The standard InChI is InChI=1S/C21H18FN3O2/c1-13-9-14(2)11-17(10-13)24-21(27)19-8-4-7-18(25-19)20(26)23-16-6-3-5-15(22)12-16/h3-12H,1-2H3,(H,23,26)(H,24,27). The van der Waals surface area contributed by atoms with Crippen molar-refractivity contribution in [2.24, 2.45) is 0 Å². The van der Waals surface area contributed by atoms with Gasteiger partial charge in [-0.3, -0.25) is 9.59 Å². The Morgan fingerprint density at radius 1 is 0.778 bits per heavy atom. The minimum Gasteiger partial charge on any atom is -0.321 e. The predicted molar refractivity (Wildman–Crippen MR) is 102 cm³/mol. The summed E-state index contributed by atoms with van der Waals surface area (Å²) in [4.78, 5) is 28.9. The molecule has 0 atom stereocenters. The molecule has 5 nitrogen and oxygen atoms in total. The van der Waals surface area contributed by atoms with E-state index < -0.39 is 17.6 Å². The van der Waals surface area contributed by atoms with Crippen molar-refractivity contribution in [3.05, 3.63) is 89.0 Å². The summed E-state index contributed by atoms with van der Waals surface area (Å²) in [6, 6.07) is 15.8. The zero-order chi connectivity index (χ0) is 19.4. The first-order valence-electron chi connectivity index (χ1n) is 8.34. The van der Waals surface area contributed by atoms with Crippen LogP contribution in [0.25, 0.3) is 0 Å². The van der Waals surface area contributed by atoms with Gasteiger partial charge in [-0.2, -0.15) is 0 Å². The van der Waals surface area contributed by atoms with Crippen molar-refractivity contribution in [3.63, 3.8) is 0 Å². The van der Waals surface area contributed by atoms with Crippen molar-refractivity contribution in [2.45, 2.75) is 13.8 Å². The van der Waals surface area contributed by atoms with E-state index in [0.29, 0.717) is 11.4 Å². The van der Waals surface area contributed by atoms with Gasteiger partial charge in [-0.15, -0.1) is 0 Å². The highest BCUT2D eigenvalue weighted by molar-refractivity contribution is 6.06. The van der Waals surface area contributed by atoms with Crippen LogP contribution >= 0.6 is 0 Å². The zero-order valence-corrected chi connectivity index (χ0v) is 14.9. The molecule has 0 radical (unpaired) electrons. The smallest absolute Gasteiger partial charge is 0.274 e. The molecule has 0 spiro atoms. The molecule has 0 aliphatic carbocycles. The van der Waals surface area contributed by atoms with Crippen LogP contribution in [0.2, 0.25) is 0 Å². The van der Waals surface area contributed by atoms with Gasteiger partial charge >= 0.3 is 0 Å². The Balaban J connectivity index is 1.76. The van der Waals surface area contributed by atoms with Crippen LogP contribution in [0.15, 0.2) is 60.7 Å². The molecular weight excluding hydrogens is 345 g/mol. The molecule has 0 aliphatic rings. The molecule has 2 aromatic carbocycles. The van der Waals surface area contributed by atoms with Crippen LogP contribution in [-0.2, 0) is 0 Å². The monoisotopic (exact) mass is 363 g/mol. The molecule has 0 aliphatic heterocycles. The fourth-order valence-corrected chi connectivity index (χ4v) is 2.69. The van der Waals surface area contributed by atoms with Crippen molar-refractivity contribution in [1.29, 1.82) is 0 Å². The SMILES string of the molecule is Cc1cc(C)cc(NC(=O)c2cccc(C(=O)Nc3cccc(F)c3)n2)c1. The minimum absolute atomic E-state index is 0.0623. The number of nitrogens with zero attached hydrogens (tertiary/aromatic N) is 1. The van der Waals surface area contributed by atoms with Crippen molar-refractivity contribution in [1.82, 2.24) is 4.98 Å². The summed E-state index contributed by atoms with van der Waals surface area (Å²) in [6.45, 7) is 3.89. The average molecular weight is 363 g/mol. The first-order valence-corrected chi connectivity index (χ1v) is 8.34. The van der Waals surface area contributed by atoms with Gasteiger partial charge in [0, 0.05) is 11.4 Å². The quantitative estimate of drug-likeness (QED) is 0.724. The molecule has 6 heteroatoms. The Morgan fingerprint density at radius 2 is 1.33 bits per heavy atom. The van der Waals surface area contributed by atoms with Gasteiger partial charge in [-0.1, -0.05) is 18.2 Å². The minimum atomic E-state index is -0.526. The highest BCUT2D eigenvalue weighted by Gasteiger charge is 2.13. The lowest BCUT2D eigenvalue weighted by Crippen LogP contribution is -2.18. The average Bonchev–Trinajstić information content (AvgIpc) is 2.61. The molecule has 0 unspecified atom stereocenters. The number of aryl methyl sites for hydroxylation is 2. The van der Waals surface area contributed by atoms with Crippen LogP contribution in [0.4, 0.5) is 15.8 Å². The highest BCUT2D eigenvalue weighted by atomic mass is 19.1. The zero-order valence-electron chi connectivity index (χ0n) is 14.9. The van der Waals surface area contributed by atoms with E-state index in [1.165, 1.54) is 30.3 Å². The molecule has 0 saturated heterocycles. The van der Waals surface area contributed by atoms with Crippen molar-refractivity contribution >= 4 is 23.2 Å². The van der Waals surface area contributed by atoms with Crippen molar-refractivity contribution in [3.8, 4) is 0 Å². The number of pyridine rings is 1. The molecule has 136 valence electrons. The summed E-state index contributed by atoms with van der Waals surface area (Å²) in [7, 11) is 0. The third-order valence-corrected chi connectivity index (χ3v) is 3.78. The van der Waals surface area contributed by atoms with Crippen LogP contribution in [0, 0.1) is 19.7 Å². The van der Waals surface area contributed by atoms with Gasteiger partial charge in [0.2, 0.25) is 0 Å². The van der Waals surface area contributed by atoms with Gasteiger partial charge in [0.05, 0.1) is 0 Å². The summed E-state index contributed by atoms with van der Waals surface area (Å²) >= 11 is 0.